The molecule has 0 unspecified atom stereocenters. The van der Waals surface area contributed by atoms with Gasteiger partial charge < -0.3 is 0 Å². The molecule has 1 aromatic carbocycles. The Morgan fingerprint density at radius 1 is 1.17 bits per heavy atom. The Hall–Kier alpha value is -1.16. The van der Waals surface area contributed by atoms with Crippen LogP contribution in [0, 0.1) is 3.57 Å². The average molecular weight is 463 g/mol. The van der Waals surface area contributed by atoms with E-state index in [2.05, 4.69) is 33.1 Å². The molecule has 1 aliphatic rings. The highest BCUT2D eigenvalue weighted by atomic mass is 127. The fourth-order valence-electron chi connectivity index (χ4n) is 2.56. The van der Waals surface area contributed by atoms with E-state index in [0.717, 1.165) is 45.5 Å². The number of rotatable bonds is 5. The molecule has 0 heterocycles. The summed E-state index contributed by atoms with van der Waals surface area (Å²) < 4.78 is 26.1. The summed E-state index contributed by atoms with van der Waals surface area (Å²) in [6, 6.07) is 6.98. The zero-order valence-electron chi connectivity index (χ0n) is 13.7. The number of amides is 1. The van der Waals surface area contributed by atoms with E-state index in [1.165, 1.54) is 12.8 Å². The van der Waals surface area contributed by atoms with Crippen molar-refractivity contribution in [3.8, 4) is 0 Å². The molecule has 1 amide bonds. The third-order valence-corrected chi connectivity index (χ3v) is 5.68. The first-order valence-corrected chi connectivity index (χ1v) is 10.9. The molecule has 2 rings (SSSR count). The Bertz CT molecular complexity index is 692. The lowest BCUT2D eigenvalue weighted by molar-refractivity contribution is -0.119. The van der Waals surface area contributed by atoms with Gasteiger partial charge in [0.1, 0.15) is 6.54 Å². The number of nitrogens with one attached hydrogen (secondary N) is 1. The van der Waals surface area contributed by atoms with E-state index < -0.39 is 15.9 Å². The maximum Gasteiger partial charge on any atom is 0.260 e. The van der Waals surface area contributed by atoms with Gasteiger partial charge in [-0.05, 0) is 72.5 Å². The predicted octanol–water partition coefficient (Wildman–Crippen LogP) is 2.88. The van der Waals surface area contributed by atoms with Crippen LogP contribution in [0.4, 0.5) is 5.69 Å². The first kappa shape index (κ1) is 19.2. The van der Waals surface area contributed by atoms with Gasteiger partial charge in [0.2, 0.25) is 10.0 Å². The first-order chi connectivity index (χ1) is 11.4. The minimum atomic E-state index is -3.55. The molecule has 1 aromatic rings. The molecule has 0 radical (unpaired) electrons. The van der Waals surface area contributed by atoms with Crippen LogP contribution in [0.2, 0.25) is 0 Å². The van der Waals surface area contributed by atoms with Crippen molar-refractivity contribution in [2.45, 2.75) is 38.5 Å². The average Bonchev–Trinajstić information content (AvgIpc) is 2.79. The van der Waals surface area contributed by atoms with Gasteiger partial charge in [0.05, 0.1) is 11.9 Å². The van der Waals surface area contributed by atoms with Crippen molar-refractivity contribution >= 4 is 49.9 Å². The fraction of sp³-hybridized carbons (Fsp3) is 0.500. The molecule has 0 aromatic heterocycles. The normalized spacial score (nSPS) is 15.5. The first-order valence-electron chi connectivity index (χ1n) is 7.94. The maximum atomic E-state index is 12.1. The molecular weight excluding hydrogens is 441 g/mol. The molecule has 132 valence electrons. The van der Waals surface area contributed by atoms with Gasteiger partial charge in [-0.3, -0.25) is 9.10 Å². The largest absolute Gasteiger partial charge is 0.271 e. The number of halogens is 1. The molecule has 0 spiro atoms. The van der Waals surface area contributed by atoms with Crippen LogP contribution < -0.4 is 9.73 Å². The monoisotopic (exact) mass is 463 g/mol. The van der Waals surface area contributed by atoms with E-state index in [1.807, 2.05) is 0 Å². The lowest BCUT2D eigenvalue weighted by atomic mass is 10.2. The van der Waals surface area contributed by atoms with Gasteiger partial charge in [0.15, 0.2) is 0 Å². The molecule has 1 saturated carbocycles. The zero-order valence-corrected chi connectivity index (χ0v) is 16.6. The summed E-state index contributed by atoms with van der Waals surface area (Å²) in [6.45, 7) is -0.282. The topological polar surface area (TPSA) is 78.8 Å². The molecular formula is C16H22IN3O3S. The minimum absolute atomic E-state index is 0.282. The molecule has 0 saturated heterocycles. The standard InChI is InChI=1S/C16H22IN3O3S/c1-24(22,23)20(15-10-8-13(17)9-11-15)12-16(21)19-18-14-6-4-2-3-5-7-14/h8-11H,2-7,12H2,1H3,(H,19,21). The summed E-state index contributed by atoms with van der Waals surface area (Å²) in [5.74, 6) is -0.435. The number of carbonyl (C=O) groups is 1. The van der Waals surface area contributed by atoms with E-state index in [4.69, 9.17) is 0 Å². The number of hydrogen-bond donors (Lipinski definition) is 1. The van der Waals surface area contributed by atoms with Gasteiger partial charge in [0.25, 0.3) is 5.91 Å². The van der Waals surface area contributed by atoms with Crippen molar-refractivity contribution in [3.05, 3.63) is 27.8 Å². The Morgan fingerprint density at radius 3 is 2.29 bits per heavy atom. The van der Waals surface area contributed by atoms with Gasteiger partial charge >= 0.3 is 0 Å². The Balaban J connectivity index is 2.05. The zero-order chi connectivity index (χ0) is 17.6. The molecule has 0 atom stereocenters. The molecule has 0 bridgehead atoms. The van der Waals surface area contributed by atoms with Crippen LogP contribution >= 0.6 is 22.6 Å². The number of hydrazone groups is 1. The number of nitrogens with zero attached hydrogens (tertiary/aromatic N) is 2. The van der Waals surface area contributed by atoms with Crippen molar-refractivity contribution in [2.75, 3.05) is 17.1 Å². The van der Waals surface area contributed by atoms with Crippen molar-refractivity contribution < 1.29 is 13.2 Å². The summed E-state index contributed by atoms with van der Waals surface area (Å²) >= 11 is 2.14. The quantitative estimate of drug-likeness (QED) is 0.415. The van der Waals surface area contributed by atoms with Gasteiger partial charge in [-0.15, -0.1) is 0 Å². The minimum Gasteiger partial charge on any atom is -0.271 e. The Labute approximate surface area is 156 Å². The predicted molar refractivity (Wildman–Crippen MR) is 105 cm³/mol. The second-order valence-electron chi connectivity index (χ2n) is 5.87. The van der Waals surface area contributed by atoms with Crippen LogP contribution in [0.3, 0.4) is 0 Å². The summed E-state index contributed by atoms with van der Waals surface area (Å²) in [7, 11) is -3.55. The van der Waals surface area contributed by atoms with Crippen LogP contribution in [-0.2, 0) is 14.8 Å². The molecule has 0 aliphatic heterocycles. The third kappa shape index (κ3) is 6.04. The van der Waals surface area contributed by atoms with E-state index in [1.54, 1.807) is 24.3 Å². The van der Waals surface area contributed by atoms with Crippen LogP contribution in [0.15, 0.2) is 29.4 Å². The Morgan fingerprint density at radius 2 is 1.75 bits per heavy atom. The number of sulfonamides is 1. The van der Waals surface area contributed by atoms with Crippen LogP contribution in [-0.4, -0.2) is 32.8 Å². The van der Waals surface area contributed by atoms with Crippen LogP contribution in [0.25, 0.3) is 0 Å². The van der Waals surface area contributed by atoms with Crippen LogP contribution in [0.5, 0.6) is 0 Å². The molecule has 24 heavy (non-hydrogen) atoms. The van der Waals surface area contributed by atoms with E-state index in [0.29, 0.717) is 5.69 Å². The molecule has 8 heteroatoms. The van der Waals surface area contributed by atoms with Crippen molar-refractivity contribution in [1.29, 1.82) is 0 Å². The van der Waals surface area contributed by atoms with Gasteiger partial charge in [0, 0.05) is 9.28 Å². The highest BCUT2D eigenvalue weighted by Crippen LogP contribution is 2.19. The number of hydrogen-bond acceptors (Lipinski definition) is 4. The summed E-state index contributed by atoms with van der Waals surface area (Å²) in [5, 5.41) is 4.18. The second-order valence-corrected chi connectivity index (χ2v) is 9.03. The van der Waals surface area contributed by atoms with Gasteiger partial charge in [-0.1, -0.05) is 12.8 Å². The third-order valence-electron chi connectivity index (χ3n) is 3.82. The maximum absolute atomic E-state index is 12.1. The smallest absolute Gasteiger partial charge is 0.260 e. The number of anilines is 1. The Kier molecular flexibility index (Phi) is 7.02. The number of carbonyl (C=O) groups excluding carboxylic acids is 1. The summed E-state index contributed by atoms with van der Waals surface area (Å²) in [5.41, 5.74) is 3.96. The fourth-order valence-corrected chi connectivity index (χ4v) is 3.78. The van der Waals surface area contributed by atoms with Crippen molar-refractivity contribution in [3.63, 3.8) is 0 Å². The van der Waals surface area contributed by atoms with Crippen LogP contribution in [0.1, 0.15) is 38.5 Å². The molecule has 1 aliphatic carbocycles. The van der Waals surface area contributed by atoms with E-state index in [-0.39, 0.29) is 6.54 Å². The molecule has 6 nitrogen and oxygen atoms in total. The summed E-state index contributed by atoms with van der Waals surface area (Å²) in [4.78, 5) is 12.1. The van der Waals surface area contributed by atoms with Crippen molar-refractivity contribution in [1.82, 2.24) is 5.43 Å². The second kappa shape index (κ2) is 8.80. The van der Waals surface area contributed by atoms with E-state index in [9.17, 15) is 13.2 Å². The molecule has 1 fully saturated rings. The summed E-state index contributed by atoms with van der Waals surface area (Å²) in [6.07, 6.45) is 7.46. The van der Waals surface area contributed by atoms with E-state index >= 15 is 0 Å². The van der Waals surface area contributed by atoms with Crippen molar-refractivity contribution in [2.24, 2.45) is 5.10 Å². The number of benzene rings is 1. The highest BCUT2D eigenvalue weighted by molar-refractivity contribution is 14.1. The highest BCUT2D eigenvalue weighted by Gasteiger charge is 2.20. The SMILES string of the molecule is CS(=O)(=O)N(CC(=O)NN=C1CCCCCC1)c1ccc(I)cc1. The lowest BCUT2D eigenvalue weighted by Crippen LogP contribution is -2.39. The van der Waals surface area contributed by atoms with Gasteiger partial charge in [-0.2, -0.15) is 5.10 Å². The lowest BCUT2D eigenvalue weighted by Gasteiger charge is -2.21. The van der Waals surface area contributed by atoms with Gasteiger partial charge in [-0.25, -0.2) is 13.8 Å². The molecule has 1 N–H and O–H groups in total.